The first kappa shape index (κ1) is 15.6. The summed E-state index contributed by atoms with van der Waals surface area (Å²) in [5.74, 6) is 0. The van der Waals surface area contributed by atoms with Crippen LogP contribution in [0.1, 0.15) is 11.6 Å². The number of imidazole rings is 1. The van der Waals surface area contributed by atoms with Crippen LogP contribution in [0.25, 0.3) is 16.8 Å². The molecule has 1 aliphatic heterocycles. The van der Waals surface area contributed by atoms with Crippen LogP contribution in [0.15, 0.2) is 85.3 Å². The van der Waals surface area contributed by atoms with Crippen molar-refractivity contribution in [1.29, 1.82) is 0 Å². The van der Waals surface area contributed by atoms with Crippen LogP contribution in [0.4, 0.5) is 10.5 Å². The number of fused-ring (bicyclic) bond motifs is 1. The van der Waals surface area contributed by atoms with Crippen LogP contribution in [0.5, 0.6) is 0 Å². The zero-order valence-electron chi connectivity index (χ0n) is 14.6. The van der Waals surface area contributed by atoms with Gasteiger partial charge in [-0.15, -0.1) is 0 Å². The molecule has 0 saturated carbocycles. The number of carbonyl (C=O) groups is 1. The van der Waals surface area contributed by atoms with Gasteiger partial charge in [0.15, 0.2) is 0 Å². The molecule has 5 heteroatoms. The van der Waals surface area contributed by atoms with Gasteiger partial charge < -0.3 is 9.72 Å². The number of anilines is 1. The van der Waals surface area contributed by atoms with E-state index in [4.69, 9.17) is 0 Å². The minimum atomic E-state index is -0.0805. The maximum Gasteiger partial charge on any atom is 0.322 e. The molecule has 5 nitrogen and oxygen atoms in total. The van der Waals surface area contributed by atoms with Gasteiger partial charge in [0.1, 0.15) is 5.65 Å². The molecule has 1 N–H and O–H groups in total. The second-order valence-corrected chi connectivity index (χ2v) is 6.64. The Hall–Kier alpha value is -3.60. The molecule has 1 saturated heterocycles. The van der Waals surface area contributed by atoms with Crippen LogP contribution in [0, 0.1) is 0 Å². The van der Waals surface area contributed by atoms with Gasteiger partial charge in [0.25, 0.3) is 0 Å². The monoisotopic (exact) mass is 354 g/mol. The number of urea groups is 1. The number of benzene rings is 2. The van der Waals surface area contributed by atoms with Crippen molar-refractivity contribution >= 4 is 17.4 Å². The third-order valence-electron chi connectivity index (χ3n) is 5.04. The lowest BCUT2D eigenvalue weighted by Gasteiger charge is -2.23. The molecule has 4 aromatic rings. The first-order valence-electron chi connectivity index (χ1n) is 8.95. The molecule has 27 heavy (non-hydrogen) atoms. The molecular weight excluding hydrogens is 336 g/mol. The maximum atomic E-state index is 12.5. The Labute approximate surface area is 156 Å². The summed E-state index contributed by atoms with van der Waals surface area (Å²) < 4.78 is 1.93. The minimum absolute atomic E-state index is 0.0419. The van der Waals surface area contributed by atoms with E-state index >= 15 is 0 Å². The Morgan fingerprint density at radius 1 is 0.926 bits per heavy atom. The fourth-order valence-corrected chi connectivity index (χ4v) is 3.64. The molecule has 5 rings (SSSR count). The maximum absolute atomic E-state index is 12.5. The first-order chi connectivity index (χ1) is 13.3. The highest BCUT2D eigenvalue weighted by atomic mass is 16.2. The molecule has 2 aromatic heterocycles. The van der Waals surface area contributed by atoms with Crippen LogP contribution in [-0.2, 0) is 0 Å². The molecule has 3 heterocycles. The summed E-state index contributed by atoms with van der Waals surface area (Å²) in [5.41, 5.74) is 5.13. The third kappa shape index (κ3) is 2.73. The molecule has 0 bridgehead atoms. The van der Waals surface area contributed by atoms with Crippen LogP contribution in [-0.4, -0.2) is 22.0 Å². The number of rotatable bonds is 3. The van der Waals surface area contributed by atoms with E-state index in [9.17, 15) is 4.79 Å². The average molecular weight is 354 g/mol. The van der Waals surface area contributed by atoms with Crippen LogP contribution >= 0.6 is 0 Å². The van der Waals surface area contributed by atoms with Gasteiger partial charge in [0.05, 0.1) is 11.7 Å². The summed E-state index contributed by atoms with van der Waals surface area (Å²) in [7, 11) is 0. The lowest BCUT2D eigenvalue weighted by Crippen LogP contribution is -2.29. The third-order valence-corrected chi connectivity index (χ3v) is 5.04. The van der Waals surface area contributed by atoms with Gasteiger partial charge in [-0.05, 0) is 22.8 Å². The molecule has 132 valence electrons. The van der Waals surface area contributed by atoms with Crippen molar-refractivity contribution in [1.82, 2.24) is 14.7 Å². The normalized spacial score (nSPS) is 16.7. The second kappa shape index (κ2) is 6.29. The smallest absolute Gasteiger partial charge is 0.322 e. The van der Waals surface area contributed by atoms with E-state index in [1.54, 1.807) is 6.20 Å². The number of hydrogen-bond donors (Lipinski definition) is 1. The topological polar surface area (TPSA) is 49.6 Å². The predicted molar refractivity (Wildman–Crippen MR) is 106 cm³/mol. The first-order valence-corrected chi connectivity index (χ1v) is 8.95. The van der Waals surface area contributed by atoms with Crippen molar-refractivity contribution in [2.75, 3.05) is 11.4 Å². The molecular formula is C22H18N4O. The van der Waals surface area contributed by atoms with E-state index in [2.05, 4.69) is 46.7 Å². The molecule has 1 fully saturated rings. The lowest BCUT2D eigenvalue weighted by molar-refractivity contribution is 0.251. The molecule has 1 aliphatic rings. The average Bonchev–Trinajstić information content (AvgIpc) is 3.34. The van der Waals surface area contributed by atoms with Crippen molar-refractivity contribution in [3.8, 4) is 11.1 Å². The summed E-state index contributed by atoms with van der Waals surface area (Å²) in [6.07, 6.45) is 5.57. The molecule has 1 unspecified atom stereocenters. The highest BCUT2D eigenvalue weighted by Crippen LogP contribution is 2.32. The van der Waals surface area contributed by atoms with E-state index in [-0.39, 0.29) is 12.1 Å². The standard InChI is InChI=1S/C22H18N4O/c27-22-24-15-20(26(22)19-10-12-25-13-11-23-21(25)14-19)18-8-6-17(7-9-18)16-4-2-1-3-5-16/h1-14,20H,15H2,(H,24,27). The van der Waals surface area contributed by atoms with Crippen molar-refractivity contribution in [3.05, 3.63) is 90.9 Å². The van der Waals surface area contributed by atoms with E-state index in [0.29, 0.717) is 6.54 Å². The summed E-state index contributed by atoms with van der Waals surface area (Å²) >= 11 is 0. The highest BCUT2D eigenvalue weighted by molar-refractivity contribution is 5.95. The molecule has 0 radical (unpaired) electrons. The Bertz CT molecular complexity index is 1100. The lowest BCUT2D eigenvalue weighted by atomic mass is 10.0. The minimum Gasteiger partial charge on any atom is -0.335 e. The summed E-state index contributed by atoms with van der Waals surface area (Å²) in [6, 6.07) is 22.5. The number of carbonyl (C=O) groups excluding carboxylic acids is 1. The SMILES string of the molecule is O=C1NCC(c2ccc(-c3ccccc3)cc2)N1c1ccn2ccnc2c1. The summed E-state index contributed by atoms with van der Waals surface area (Å²) in [4.78, 5) is 18.6. The zero-order valence-corrected chi connectivity index (χ0v) is 14.6. The Kier molecular flexibility index (Phi) is 3.64. The number of hydrogen-bond acceptors (Lipinski definition) is 2. The van der Waals surface area contributed by atoms with Gasteiger partial charge in [-0.1, -0.05) is 54.6 Å². The van der Waals surface area contributed by atoms with Gasteiger partial charge in [0.2, 0.25) is 0 Å². The quantitative estimate of drug-likeness (QED) is 0.597. The summed E-state index contributed by atoms with van der Waals surface area (Å²) in [5, 5.41) is 2.96. The van der Waals surface area contributed by atoms with Crippen LogP contribution in [0.3, 0.4) is 0 Å². The van der Waals surface area contributed by atoms with Crippen molar-refractivity contribution < 1.29 is 4.79 Å². The van der Waals surface area contributed by atoms with Crippen LogP contribution < -0.4 is 10.2 Å². The number of nitrogens with one attached hydrogen (secondary N) is 1. The summed E-state index contributed by atoms with van der Waals surface area (Å²) in [6.45, 7) is 0.586. The highest BCUT2D eigenvalue weighted by Gasteiger charge is 2.33. The number of pyridine rings is 1. The molecule has 0 spiro atoms. The number of nitrogens with zero attached hydrogens (tertiary/aromatic N) is 3. The number of amides is 2. The van der Waals surface area contributed by atoms with Gasteiger partial charge >= 0.3 is 6.03 Å². The van der Waals surface area contributed by atoms with Gasteiger partial charge in [-0.25, -0.2) is 9.78 Å². The zero-order chi connectivity index (χ0) is 18.2. The van der Waals surface area contributed by atoms with Gasteiger partial charge in [0, 0.05) is 31.2 Å². The molecule has 1 atom stereocenters. The Morgan fingerprint density at radius 2 is 1.70 bits per heavy atom. The van der Waals surface area contributed by atoms with E-state index in [1.165, 1.54) is 11.1 Å². The van der Waals surface area contributed by atoms with E-state index in [0.717, 1.165) is 16.9 Å². The van der Waals surface area contributed by atoms with E-state index < -0.39 is 0 Å². The Balaban J connectivity index is 1.49. The fraction of sp³-hybridized carbons (Fsp3) is 0.0909. The fourth-order valence-electron chi connectivity index (χ4n) is 3.64. The predicted octanol–water partition coefficient (Wildman–Crippen LogP) is 4.27. The van der Waals surface area contributed by atoms with Crippen LogP contribution in [0.2, 0.25) is 0 Å². The second-order valence-electron chi connectivity index (χ2n) is 6.64. The number of aromatic nitrogens is 2. The van der Waals surface area contributed by atoms with Gasteiger partial charge in [-0.3, -0.25) is 4.90 Å². The Morgan fingerprint density at radius 3 is 2.52 bits per heavy atom. The van der Waals surface area contributed by atoms with E-state index in [1.807, 2.05) is 52.0 Å². The van der Waals surface area contributed by atoms with Crippen molar-refractivity contribution in [3.63, 3.8) is 0 Å². The molecule has 2 amide bonds. The molecule has 0 aliphatic carbocycles. The largest absolute Gasteiger partial charge is 0.335 e. The van der Waals surface area contributed by atoms with Crippen molar-refractivity contribution in [2.45, 2.75) is 6.04 Å². The molecule has 2 aromatic carbocycles. The van der Waals surface area contributed by atoms with Crippen molar-refractivity contribution in [2.24, 2.45) is 0 Å². The van der Waals surface area contributed by atoms with Gasteiger partial charge in [-0.2, -0.15) is 0 Å².